The van der Waals surface area contributed by atoms with E-state index in [-0.39, 0.29) is 0 Å². The minimum Gasteiger partial charge on any atom is -0.374 e. The van der Waals surface area contributed by atoms with E-state index >= 15 is 0 Å². The van der Waals surface area contributed by atoms with E-state index in [2.05, 4.69) is 47.6 Å². The molecule has 1 aliphatic rings. The third kappa shape index (κ3) is 4.16. The van der Waals surface area contributed by atoms with Crippen molar-refractivity contribution < 1.29 is 0 Å². The minimum absolute atomic E-state index is 0.535. The van der Waals surface area contributed by atoms with Gasteiger partial charge in [-0.25, -0.2) is 0 Å². The summed E-state index contributed by atoms with van der Waals surface area (Å²) in [7, 11) is 2.23. The zero-order valence-corrected chi connectivity index (χ0v) is 14.1. The normalized spacial score (nSPS) is 19.4. The van der Waals surface area contributed by atoms with Gasteiger partial charge in [0.1, 0.15) is 10.7 Å². The van der Waals surface area contributed by atoms with Crippen molar-refractivity contribution in [2.75, 3.05) is 18.9 Å². The van der Waals surface area contributed by atoms with Crippen molar-refractivity contribution >= 4 is 16.5 Å². The highest BCUT2D eigenvalue weighted by molar-refractivity contribution is 7.10. The van der Waals surface area contributed by atoms with Gasteiger partial charge in [-0.15, -0.1) is 5.10 Å². The van der Waals surface area contributed by atoms with E-state index in [1.807, 2.05) is 0 Å². The van der Waals surface area contributed by atoms with Gasteiger partial charge in [-0.1, -0.05) is 25.3 Å². The number of hydrogen-bond acceptors (Lipinski definition) is 5. The van der Waals surface area contributed by atoms with Crippen LogP contribution in [-0.4, -0.2) is 34.1 Å². The molecule has 2 rings (SSSR count). The third-order valence-electron chi connectivity index (χ3n) is 4.42. The lowest BCUT2D eigenvalue weighted by molar-refractivity contribution is 0.122. The molecule has 0 aliphatic heterocycles. The molecule has 114 valence electrons. The molecular formula is C15H28N4S. The zero-order chi connectivity index (χ0) is 14.6. The fourth-order valence-corrected chi connectivity index (χ4v) is 3.47. The molecule has 1 N–H and O–H groups in total. The monoisotopic (exact) mass is 296 g/mol. The summed E-state index contributed by atoms with van der Waals surface area (Å²) in [5.41, 5.74) is 1.64. The SMILES string of the molecule is CCCNc1snnc1CN(C)C1CCC(C)(C)CC1. The Hall–Kier alpha value is -0.680. The molecule has 1 fully saturated rings. The summed E-state index contributed by atoms with van der Waals surface area (Å²) < 4.78 is 4.10. The van der Waals surface area contributed by atoms with Crippen molar-refractivity contribution in [1.82, 2.24) is 14.5 Å². The van der Waals surface area contributed by atoms with Gasteiger partial charge >= 0.3 is 0 Å². The number of anilines is 1. The molecule has 0 aromatic carbocycles. The van der Waals surface area contributed by atoms with Crippen LogP contribution >= 0.6 is 11.5 Å². The van der Waals surface area contributed by atoms with Gasteiger partial charge in [-0.3, -0.25) is 4.90 Å². The summed E-state index contributed by atoms with van der Waals surface area (Å²) >= 11 is 1.48. The van der Waals surface area contributed by atoms with Crippen molar-refractivity contribution in [1.29, 1.82) is 0 Å². The first kappa shape index (κ1) is 15.7. The van der Waals surface area contributed by atoms with E-state index in [0.717, 1.165) is 30.2 Å². The van der Waals surface area contributed by atoms with Crippen LogP contribution in [0.1, 0.15) is 58.6 Å². The summed E-state index contributed by atoms with van der Waals surface area (Å²) in [4.78, 5) is 2.46. The van der Waals surface area contributed by atoms with Crippen LogP contribution in [0.2, 0.25) is 0 Å². The van der Waals surface area contributed by atoms with Crippen molar-refractivity contribution in [2.24, 2.45) is 5.41 Å². The molecule has 5 heteroatoms. The summed E-state index contributed by atoms with van der Waals surface area (Å²) in [6, 6.07) is 0.698. The van der Waals surface area contributed by atoms with E-state index in [1.165, 1.54) is 37.2 Å². The summed E-state index contributed by atoms with van der Waals surface area (Å²) in [6.07, 6.45) is 6.40. The van der Waals surface area contributed by atoms with Crippen LogP contribution in [0.5, 0.6) is 0 Å². The first-order chi connectivity index (χ1) is 9.52. The van der Waals surface area contributed by atoms with Gasteiger partial charge in [-0.2, -0.15) is 0 Å². The van der Waals surface area contributed by atoms with Gasteiger partial charge in [0.25, 0.3) is 0 Å². The lowest BCUT2D eigenvalue weighted by Crippen LogP contribution is -2.37. The molecule has 1 aliphatic carbocycles. The molecule has 0 atom stereocenters. The molecule has 0 unspecified atom stereocenters. The quantitative estimate of drug-likeness (QED) is 0.868. The molecule has 1 aromatic heterocycles. The lowest BCUT2D eigenvalue weighted by Gasteiger charge is -2.38. The van der Waals surface area contributed by atoms with Crippen molar-refractivity contribution in [3.63, 3.8) is 0 Å². The van der Waals surface area contributed by atoms with E-state index < -0.39 is 0 Å². The Kier molecular flexibility index (Phi) is 5.38. The average molecular weight is 296 g/mol. The summed E-state index contributed by atoms with van der Waals surface area (Å²) in [6.45, 7) is 8.86. The van der Waals surface area contributed by atoms with Gasteiger partial charge in [0.2, 0.25) is 0 Å². The lowest BCUT2D eigenvalue weighted by atomic mass is 9.75. The maximum Gasteiger partial charge on any atom is 0.134 e. The predicted molar refractivity (Wildman–Crippen MR) is 86.2 cm³/mol. The molecule has 20 heavy (non-hydrogen) atoms. The third-order valence-corrected chi connectivity index (χ3v) is 5.15. The standard InChI is InChI=1S/C15H28N4S/c1-5-10-16-14-13(17-18-20-14)11-19(4)12-6-8-15(2,3)9-7-12/h12,16H,5-11H2,1-4H3. The van der Waals surface area contributed by atoms with Crippen LogP contribution in [-0.2, 0) is 6.54 Å². The van der Waals surface area contributed by atoms with E-state index in [9.17, 15) is 0 Å². The Bertz CT molecular complexity index is 406. The van der Waals surface area contributed by atoms with E-state index in [1.54, 1.807) is 0 Å². The molecule has 0 radical (unpaired) electrons. The second-order valence-corrected chi connectivity index (χ2v) is 7.54. The van der Waals surface area contributed by atoms with Crippen molar-refractivity contribution in [3.05, 3.63) is 5.69 Å². The topological polar surface area (TPSA) is 41.1 Å². The van der Waals surface area contributed by atoms with Crippen LogP contribution in [0, 0.1) is 5.41 Å². The Morgan fingerprint density at radius 3 is 2.70 bits per heavy atom. The van der Waals surface area contributed by atoms with Gasteiger partial charge in [0, 0.05) is 30.7 Å². The summed E-state index contributed by atoms with van der Waals surface area (Å²) in [5.74, 6) is 0. The first-order valence-electron chi connectivity index (χ1n) is 7.77. The van der Waals surface area contributed by atoms with E-state index in [0.29, 0.717) is 11.5 Å². The van der Waals surface area contributed by atoms with Gasteiger partial charge in [0.05, 0.1) is 0 Å². The fraction of sp³-hybridized carbons (Fsp3) is 0.867. The molecule has 1 heterocycles. The highest BCUT2D eigenvalue weighted by Gasteiger charge is 2.29. The molecule has 0 saturated heterocycles. The molecular weight excluding hydrogens is 268 g/mol. The van der Waals surface area contributed by atoms with E-state index in [4.69, 9.17) is 0 Å². The number of nitrogens with zero attached hydrogens (tertiary/aromatic N) is 3. The summed E-state index contributed by atoms with van der Waals surface area (Å²) in [5, 5.41) is 8.88. The molecule has 0 bridgehead atoms. The molecule has 4 nitrogen and oxygen atoms in total. The Balaban J connectivity index is 1.88. The maximum absolute atomic E-state index is 4.30. The van der Waals surface area contributed by atoms with Crippen LogP contribution in [0.25, 0.3) is 0 Å². The number of rotatable bonds is 6. The maximum atomic E-state index is 4.30. The molecule has 0 amide bonds. The highest BCUT2D eigenvalue weighted by Crippen LogP contribution is 2.37. The minimum atomic E-state index is 0.535. The van der Waals surface area contributed by atoms with Crippen LogP contribution in [0.15, 0.2) is 0 Å². The fourth-order valence-electron chi connectivity index (χ4n) is 2.88. The average Bonchev–Trinajstić information content (AvgIpc) is 2.83. The predicted octanol–water partition coefficient (Wildman–Crippen LogP) is 3.76. The Labute approximate surface area is 127 Å². The van der Waals surface area contributed by atoms with Gasteiger partial charge in [0.15, 0.2) is 0 Å². The van der Waals surface area contributed by atoms with Crippen LogP contribution in [0.4, 0.5) is 5.00 Å². The van der Waals surface area contributed by atoms with Crippen molar-refractivity contribution in [2.45, 2.75) is 65.5 Å². The molecule has 1 aromatic rings. The van der Waals surface area contributed by atoms with Crippen molar-refractivity contribution in [3.8, 4) is 0 Å². The largest absolute Gasteiger partial charge is 0.374 e. The number of nitrogens with one attached hydrogen (secondary N) is 1. The van der Waals surface area contributed by atoms with Gasteiger partial charge in [-0.05, 0) is 44.6 Å². The van der Waals surface area contributed by atoms with Gasteiger partial charge < -0.3 is 5.32 Å². The molecule has 1 saturated carbocycles. The second-order valence-electron chi connectivity index (χ2n) is 6.79. The van der Waals surface area contributed by atoms with Crippen LogP contribution in [0.3, 0.4) is 0 Å². The Morgan fingerprint density at radius 2 is 2.05 bits per heavy atom. The highest BCUT2D eigenvalue weighted by atomic mass is 32.1. The first-order valence-corrected chi connectivity index (χ1v) is 8.54. The molecule has 0 spiro atoms. The second kappa shape index (κ2) is 6.85. The smallest absolute Gasteiger partial charge is 0.134 e. The zero-order valence-electron chi connectivity index (χ0n) is 13.3. The number of aromatic nitrogens is 2. The number of hydrogen-bond donors (Lipinski definition) is 1. The van der Waals surface area contributed by atoms with Crippen LogP contribution < -0.4 is 5.32 Å². The Morgan fingerprint density at radius 1 is 1.35 bits per heavy atom.